The predicted octanol–water partition coefficient (Wildman–Crippen LogP) is 4.66. The maximum absolute atomic E-state index is 13.4. The fraction of sp³-hybridized carbons (Fsp3) is 0.552. The van der Waals surface area contributed by atoms with Gasteiger partial charge in [0.05, 0.1) is 12.7 Å². The zero-order chi connectivity index (χ0) is 51.6. The number of para-hydroxylation sites is 1. The number of nitrogens with one attached hydrogen (secondary N) is 7. The van der Waals surface area contributed by atoms with E-state index in [2.05, 4.69) is 82.2 Å². The van der Waals surface area contributed by atoms with Gasteiger partial charge in [-0.1, -0.05) is 54.1 Å². The van der Waals surface area contributed by atoms with Gasteiger partial charge < -0.3 is 52.0 Å². The van der Waals surface area contributed by atoms with Crippen molar-refractivity contribution >= 4 is 22.6 Å². The first-order valence-electron chi connectivity index (χ1n) is 27.6. The van der Waals surface area contributed by atoms with Gasteiger partial charge in [-0.25, -0.2) is 4.39 Å². The highest BCUT2D eigenvalue weighted by Crippen LogP contribution is 2.31. The minimum atomic E-state index is -0.241. The molecule has 4 fully saturated rings. The number of phenolic OH excluding ortho intramolecular Hbond substituents is 1. The second-order valence-corrected chi connectivity index (χ2v) is 20.3. The van der Waals surface area contributed by atoms with Crippen molar-refractivity contribution < 1.29 is 23.8 Å². The van der Waals surface area contributed by atoms with E-state index in [4.69, 9.17) is 4.74 Å². The summed E-state index contributed by atoms with van der Waals surface area (Å²) in [5, 5.41) is 36.8. The number of amides is 2. The molecule has 4 aromatic carbocycles. The van der Waals surface area contributed by atoms with Gasteiger partial charge in [0.1, 0.15) is 5.82 Å². The van der Waals surface area contributed by atoms with Gasteiger partial charge in [0.15, 0.2) is 11.5 Å². The summed E-state index contributed by atoms with van der Waals surface area (Å²) in [6.07, 6.45) is 8.60. The molecule has 0 saturated carbocycles. The molecule has 2 amide bonds. The van der Waals surface area contributed by atoms with E-state index < -0.39 is 0 Å². The molecule has 1 atom stereocenters. The normalized spacial score (nSPS) is 20.4. The number of carbonyl (C=O) groups is 2. The summed E-state index contributed by atoms with van der Waals surface area (Å²) in [6, 6.07) is 25.3. The molecule has 0 aliphatic carbocycles. The van der Waals surface area contributed by atoms with Crippen LogP contribution in [-0.4, -0.2) is 181 Å². The van der Waals surface area contributed by atoms with Crippen molar-refractivity contribution in [3.05, 3.63) is 119 Å². The van der Waals surface area contributed by atoms with Gasteiger partial charge in [0.25, 0.3) is 5.91 Å². The van der Waals surface area contributed by atoms with Gasteiger partial charge in [-0.3, -0.25) is 24.3 Å². The predicted molar refractivity (Wildman–Crippen MR) is 296 cm³/mol. The molecule has 15 nitrogen and oxygen atoms in total. The van der Waals surface area contributed by atoms with E-state index in [0.717, 1.165) is 160 Å². The summed E-state index contributed by atoms with van der Waals surface area (Å²) in [5.41, 5.74) is 5.26. The van der Waals surface area contributed by atoms with Crippen LogP contribution in [0.25, 0.3) is 10.8 Å². The lowest BCUT2D eigenvalue weighted by atomic mass is 10.0. The molecule has 4 saturated heterocycles. The third kappa shape index (κ3) is 19.6. The molecule has 0 aromatic heterocycles. The van der Waals surface area contributed by atoms with E-state index in [1.165, 1.54) is 55.5 Å². The van der Waals surface area contributed by atoms with Gasteiger partial charge in [-0.15, -0.1) is 0 Å². The topological polar surface area (TPSA) is 161 Å². The van der Waals surface area contributed by atoms with Gasteiger partial charge in [0.2, 0.25) is 5.91 Å². The quantitative estimate of drug-likeness (QED) is 0.104. The van der Waals surface area contributed by atoms with E-state index in [1.807, 2.05) is 12.1 Å². The summed E-state index contributed by atoms with van der Waals surface area (Å²) < 4.78 is 18.5. The number of phenols is 1. The van der Waals surface area contributed by atoms with Crippen molar-refractivity contribution in [1.29, 1.82) is 0 Å². The van der Waals surface area contributed by atoms with Crippen molar-refractivity contribution in [2.75, 3.05) is 138 Å². The first-order valence-corrected chi connectivity index (χ1v) is 27.6. The number of likely N-dealkylation sites (tertiary alicyclic amines) is 2. The number of carbonyl (C=O) groups excluding carboxylic acids is 2. The summed E-state index contributed by atoms with van der Waals surface area (Å²) in [5.74, 6) is -0.447. The zero-order valence-electron chi connectivity index (χ0n) is 44.2. The number of nitrogens with zero attached hydrogens (tertiary/aromatic N) is 4. The van der Waals surface area contributed by atoms with Crippen molar-refractivity contribution in [2.45, 2.75) is 70.6 Å². The fourth-order valence-corrected chi connectivity index (χ4v) is 10.2. The number of hydrogen-bond donors (Lipinski definition) is 8. The van der Waals surface area contributed by atoms with Crippen LogP contribution < -0.4 is 42.0 Å². The third-order valence-electron chi connectivity index (χ3n) is 14.4. The Morgan fingerprint density at radius 1 is 0.608 bits per heavy atom. The van der Waals surface area contributed by atoms with Crippen molar-refractivity contribution in [2.24, 2.45) is 0 Å². The number of methoxy groups -OCH3 is 1. The van der Waals surface area contributed by atoms with E-state index in [9.17, 15) is 19.1 Å². The molecule has 74 heavy (non-hydrogen) atoms. The summed E-state index contributed by atoms with van der Waals surface area (Å²) in [6.45, 7) is 23.1. The average Bonchev–Trinajstić information content (AvgIpc) is 3.85. The largest absolute Gasteiger partial charge is 0.504 e. The monoisotopic (exact) mass is 1020 g/mol. The van der Waals surface area contributed by atoms with Crippen LogP contribution in [0.5, 0.6) is 11.5 Å². The Kier molecular flexibility index (Phi) is 24.4. The highest BCUT2D eigenvalue weighted by molar-refractivity contribution is 5.98. The fourth-order valence-electron chi connectivity index (χ4n) is 10.2. The molecule has 404 valence electrons. The maximum atomic E-state index is 13.4. The number of hydrogen-bond acceptors (Lipinski definition) is 13. The third-order valence-corrected chi connectivity index (χ3v) is 14.4. The second-order valence-electron chi connectivity index (χ2n) is 20.3. The van der Waals surface area contributed by atoms with Crippen LogP contribution in [0.3, 0.4) is 0 Å². The highest BCUT2D eigenvalue weighted by atomic mass is 19.1. The minimum absolute atomic E-state index is 0.0894. The number of piperidine rings is 1. The van der Waals surface area contributed by atoms with Gasteiger partial charge >= 0.3 is 0 Å². The Labute approximate surface area is 440 Å². The molecule has 16 heteroatoms. The van der Waals surface area contributed by atoms with E-state index in [0.29, 0.717) is 25.9 Å². The number of aromatic hydroxyl groups is 1. The summed E-state index contributed by atoms with van der Waals surface area (Å²) in [4.78, 5) is 34.8. The molecular weight excluding hydrogens is 934 g/mol. The van der Waals surface area contributed by atoms with E-state index >= 15 is 0 Å². The van der Waals surface area contributed by atoms with E-state index in [-0.39, 0.29) is 40.7 Å². The lowest BCUT2D eigenvalue weighted by Crippen LogP contribution is -2.38. The number of halogens is 1. The standard InChI is InChI=1S/C30H32FN3O4.C28H54N8/c1-38-27-4-2-3-26(29(27)36)30(37)34-13-9-20(10-14-34)16-28(35)32-25-11-12-33(19-25)18-21-5-6-23-17-24(31)8-7-22(23)15-21;1-9-29-15-17-31-13-3-21-35(23-19-33-11-1)25-27-5-7-28(8-6-27)26-36-22-4-14-32-18-16-30-10-2-12-34-20-24-36/h2-8,15-17,25,36H,9-14,18-19H2,1H3,(H,32,35);5-8,29-34H,1-4,9-26H2. The zero-order valence-corrected chi connectivity index (χ0v) is 44.2. The molecule has 4 aliphatic rings. The van der Waals surface area contributed by atoms with Gasteiger partial charge in [0, 0.05) is 110 Å². The smallest absolute Gasteiger partial charge is 0.257 e. The van der Waals surface area contributed by atoms with Crippen LogP contribution in [-0.2, 0) is 24.4 Å². The van der Waals surface area contributed by atoms with Gasteiger partial charge in [-0.2, -0.15) is 0 Å². The van der Waals surface area contributed by atoms with E-state index in [1.54, 1.807) is 41.3 Å². The minimum Gasteiger partial charge on any atom is -0.504 e. The molecule has 0 bridgehead atoms. The van der Waals surface area contributed by atoms with Crippen LogP contribution >= 0.6 is 0 Å². The van der Waals surface area contributed by atoms with Crippen molar-refractivity contribution in [1.82, 2.24) is 56.8 Å². The Morgan fingerprint density at radius 3 is 1.73 bits per heavy atom. The average molecular weight is 1020 g/mol. The number of ether oxygens (including phenoxy) is 1. The number of fused-ring (bicyclic) bond motifs is 1. The lowest BCUT2D eigenvalue weighted by Gasteiger charge is -2.29. The van der Waals surface area contributed by atoms with Crippen LogP contribution in [0.15, 0.2) is 90.5 Å². The molecular formula is C58H86FN11O4. The number of rotatable bonds is 10. The summed E-state index contributed by atoms with van der Waals surface area (Å²) in [7, 11) is 1.45. The second kappa shape index (κ2) is 31.8. The molecule has 1 unspecified atom stereocenters. The first kappa shape index (κ1) is 56.7. The maximum Gasteiger partial charge on any atom is 0.257 e. The Morgan fingerprint density at radius 2 is 1.14 bits per heavy atom. The number of benzene rings is 4. The highest BCUT2D eigenvalue weighted by Gasteiger charge is 2.26. The molecule has 4 aliphatic heterocycles. The Hall–Kier alpha value is -5.01. The van der Waals surface area contributed by atoms with Crippen LogP contribution in [0.2, 0.25) is 0 Å². The Bertz CT molecular complexity index is 2240. The molecule has 4 aromatic rings. The summed E-state index contributed by atoms with van der Waals surface area (Å²) >= 11 is 0. The SMILES string of the molecule is COc1cccc(C(=O)N2CCC(=CC(=O)NC3CCN(Cc4ccc5cc(F)ccc5c4)C3)CC2)c1O.c1cc(CN2CCCNCCNCCCNCC2)ccc1CN1CCCNCCNCCCNCC1. The molecule has 0 radical (unpaired) electrons. The first-order chi connectivity index (χ1) is 36.3. The molecule has 8 rings (SSSR count). The molecule has 0 spiro atoms. The van der Waals surface area contributed by atoms with Gasteiger partial charge in [-0.05, 0) is 155 Å². The molecule has 4 heterocycles. The van der Waals surface area contributed by atoms with Crippen molar-refractivity contribution in [3.63, 3.8) is 0 Å². The van der Waals surface area contributed by atoms with Crippen LogP contribution in [0.1, 0.15) is 72.0 Å². The molecule has 8 N–H and O–H groups in total. The van der Waals surface area contributed by atoms with Crippen molar-refractivity contribution in [3.8, 4) is 11.5 Å². The van der Waals surface area contributed by atoms with Crippen LogP contribution in [0.4, 0.5) is 4.39 Å². The lowest BCUT2D eigenvalue weighted by molar-refractivity contribution is -0.117. The Balaban J connectivity index is 0.000000217. The van der Waals surface area contributed by atoms with Crippen LogP contribution in [0, 0.1) is 5.82 Å².